The van der Waals surface area contributed by atoms with Gasteiger partial charge >= 0.3 is 0 Å². The summed E-state index contributed by atoms with van der Waals surface area (Å²) in [6.07, 6.45) is 0. The lowest BCUT2D eigenvalue weighted by atomic mass is 10.4. The van der Waals surface area contributed by atoms with Gasteiger partial charge in [-0.15, -0.1) is 22.7 Å². The second-order valence-corrected chi connectivity index (χ2v) is 6.17. The topological polar surface area (TPSA) is 15.8 Å². The van der Waals surface area contributed by atoms with E-state index >= 15 is 0 Å². The Morgan fingerprint density at radius 2 is 2.25 bits per heavy atom. The lowest BCUT2D eigenvalue weighted by Crippen LogP contribution is -1.67. The summed E-state index contributed by atoms with van der Waals surface area (Å²) in [4.78, 5) is 4.35. The van der Waals surface area contributed by atoms with E-state index in [9.17, 15) is 0 Å². The van der Waals surface area contributed by atoms with Crippen LogP contribution in [0.4, 0.5) is 0 Å². The number of halogens is 1. The second kappa shape index (κ2) is 3.41. The maximum Gasteiger partial charge on any atom is 0.158 e. The molecule has 2 rings (SSSR count). The summed E-state index contributed by atoms with van der Waals surface area (Å²) in [5, 5.41) is 2.04. The standard InChI is InChI=1S/C7H4BrNS3/c8-6-2-1-5(12-6)4-3-11-7(10)9-4/h1-3H,(H,9,10). The van der Waals surface area contributed by atoms with Crippen molar-refractivity contribution in [2.45, 2.75) is 0 Å². The fraction of sp³-hybridized carbons (Fsp3) is 0. The molecule has 1 N–H and O–H groups in total. The summed E-state index contributed by atoms with van der Waals surface area (Å²) in [5.74, 6) is 0. The van der Waals surface area contributed by atoms with Crippen LogP contribution in [0.2, 0.25) is 0 Å². The number of hydrogen-bond donors (Lipinski definition) is 1. The van der Waals surface area contributed by atoms with Gasteiger partial charge in [0.25, 0.3) is 0 Å². The molecule has 2 heterocycles. The summed E-state index contributed by atoms with van der Waals surface area (Å²) in [6.45, 7) is 0. The van der Waals surface area contributed by atoms with E-state index < -0.39 is 0 Å². The van der Waals surface area contributed by atoms with Crippen LogP contribution in [0.5, 0.6) is 0 Å². The van der Waals surface area contributed by atoms with Crippen molar-refractivity contribution in [1.29, 1.82) is 0 Å². The Balaban J connectivity index is 2.50. The minimum atomic E-state index is 0.828. The van der Waals surface area contributed by atoms with Gasteiger partial charge in [-0.25, -0.2) is 0 Å². The fourth-order valence-electron chi connectivity index (χ4n) is 0.860. The number of rotatable bonds is 1. The minimum Gasteiger partial charge on any atom is -0.336 e. The molecule has 0 aliphatic carbocycles. The van der Waals surface area contributed by atoms with Crippen LogP contribution in [0.25, 0.3) is 10.6 Å². The number of thiophene rings is 1. The lowest BCUT2D eigenvalue weighted by molar-refractivity contribution is 1.41. The Labute approximate surface area is 91.2 Å². The number of thiazole rings is 1. The van der Waals surface area contributed by atoms with E-state index in [1.807, 2.05) is 11.4 Å². The number of hydrogen-bond acceptors (Lipinski definition) is 3. The highest BCUT2D eigenvalue weighted by atomic mass is 79.9. The van der Waals surface area contributed by atoms with E-state index in [2.05, 4.69) is 27.0 Å². The molecular weight excluding hydrogens is 274 g/mol. The van der Waals surface area contributed by atoms with Crippen molar-refractivity contribution in [3.05, 3.63) is 25.3 Å². The molecule has 0 aromatic carbocycles. The predicted octanol–water partition coefficient (Wildman–Crippen LogP) is 4.30. The Kier molecular flexibility index (Phi) is 2.45. The maximum atomic E-state index is 5.00. The van der Waals surface area contributed by atoms with Crippen LogP contribution in [0.3, 0.4) is 0 Å². The number of H-pyrrole nitrogens is 1. The third-order valence-corrected chi connectivity index (χ3v) is 4.08. The average molecular weight is 278 g/mol. The van der Waals surface area contributed by atoms with Crippen LogP contribution < -0.4 is 0 Å². The van der Waals surface area contributed by atoms with Crippen molar-refractivity contribution >= 4 is 50.8 Å². The SMILES string of the molecule is S=c1[nH]c(-c2ccc(Br)s2)cs1. The van der Waals surface area contributed by atoms with Crippen LogP contribution in [-0.2, 0) is 0 Å². The zero-order valence-corrected chi connectivity index (χ0v) is 9.87. The summed E-state index contributed by atoms with van der Waals surface area (Å²) >= 11 is 11.7. The molecule has 0 amide bonds. The van der Waals surface area contributed by atoms with Gasteiger partial charge in [-0.05, 0) is 40.3 Å². The second-order valence-electron chi connectivity index (χ2n) is 2.17. The largest absolute Gasteiger partial charge is 0.336 e. The van der Waals surface area contributed by atoms with Gasteiger partial charge in [-0.2, -0.15) is 0 Å². The zero-order valence-electron chi connectivity index (χ0n) is 5.83. The maximum absolute atomic E-state index is 5.00. The molecule has 0 aliphatic heterocycles. The van der Waals surface area contributed by atoms with Gasteiger partial charge in [0, 0.05) is 5.38 Å². The summed E-state index contributed by atoms with van der Waals surface area (Å²) < 4.78 is 1.97. The molecule has 0 spiro atoms. The number of nitrogens with one attached hydrogen (secondary N) is 1. The summed E-state index contributed by atoms with van der Waals surface area (Å²) in [7, 11) is 0. The van der Waals surface area contributed by atoms with Gasteiger partial charge in [0.15, 0.2) is 3.95 Å². The molecule has 0 aliphatic rings. The Hall–Kier alpha value is 0.0300. The highest BCUT2D eigenvalue weighted by molar-refractivity contribution is 9.11. The van der Waals surface area contributed by atoms with Crippen molar-refractivity contribution in [3.8, 4) is 10.6 Å². The number of aromatic nitrogens is 1. The van der Waals surface area contributed by atoms with E-state index in [1.54, 1.807) is 22.7 Å². The molecule has 1 nitrogen and oxygen atoms in total. The first-order chi connectivity index (χ1) is 5.75. The molecule has 0 saturated carbocycles. The van der Waals surface area contributed by atoms with Gasteiger partial charge < -0.3 is 4.98 Å². The van der Waals surface area contributed by atoms with Gasteiger partial charge in [0.05, 0.1) is 14.4 Å². The van der Waals surface area contributed by atoms with E-state index in [4.69, 9.17) is 12.2 Å². The van der Waals surface area contributed by atoms with Crippen LogP contribution in [0.15, 0.2) is 21.3 Å². The first-order valence-electron chi connectivity index (χ1n) is 3.19. The molecular formula is C7H4BrNS3. The highest BCUT2D eigenvalue weighted by Crippen LogP contribution is 2.30. The molecule has 0 unspecified atom stereocenters. The monoisotopic (exact) mass is 277 g/mol. The molecule has 12 heavy (non-hydrogen) atoms. The third-order valence-electron chi connectivity index (χ3n) is 1.36. The first-order valence-corrected chi connectivity index (χ1v) is 6.09. The Bertz CT molecular complexity index is 439. The highest BCUT2D eigenvalue weighted by Gasteiger charge is 2.01. The molecule has 0 radical (unpaired) electrons. The molecule has 0 atom stereocenters. The van der Waals surface area contributed by atoms with Crippen LogP contribution in [-0.4, -0.2) is 4.98 Å². The molecule has 2 aromatic rings. The number of aromatic amines is 1. The quantitative estimate of drug-likeness (QED) is 0.769. The van der Waals surface area contributed by atoms with Crippen molar-refractivity contribution in [1.82, 2.24) is 4.98 Å². The van der Waals surface area contributed by atoms with Gasteiger partial charge in [-0.1, -0.05) is 0 Å². The third kappa shape index (κ3) is 1.69. The van der Waals surface area contributed by atoms with E-state index in [-0.39, 0.29) is 0 Å². The molecule has 0 bridgehead atoms. The van der Waals surface area contributed by atoms with Crippen LogP contribution >= 0.6 is 50.8 Å². The average Bonchev–Trinajstić information content (AvgIpc) is 2.58. The molecule has 5 heteroatoms. The van der Waals surface area contributed by atoms with E-state index in [1.165, 1.54) is 4.88 Å². The minimum absolute atomic E-state index is 0.828. The molecule has 62 valence electrons. The normalized spacial score (nSPS) is 10.4. The van der Waals surface area contributed by atoms with Gasteiger partial charge in [-0.3, -0.25) is 0 Å². The fourth-order valence-corrected chi connectivity index (χ4v) is 3.13. The first kappa shape index (κ1) is 8.62. The molecule has 0 fully saturated rings. The summed E-state index contributed by atoms with van der Waals surface area (Å²) in [6, 6.07) is 4.11. The van der Waals surface area contributed by atoms with Crippen LogP contribution in [0.1, 0.15) is 0 Å². The Morgan fingerprint density at radius 3 is 2.75 bits per heavy atom. The smallest absolute Gasteiger partial charge is 0.158 e. The predicted molar refractivity (Wildman–Crippen MR) is 60.5 cm³/mol. The van der Waals surface area contributed by atoms with E-state index in [0.29, 0.717) is 0 Å². The summed E-state index contributed by atoms with van der Waals surface area (Å²) in [5.41, 5.74) is 1.11. The van der Waals surface area contributed by atoms with Crippen molar-refractivity contribution < 1.29 is 0 Å². The van der Waals surface area contributed by atoms with Crippen molar-refractivity contribution in [2.24, 2.45) is 0 Å². The Morgan fingerprint density at radius 1 is 1.42 bits per heavy atom. The zero-order chi connectivity index (χ0) is 8.55. The van der Waals surface area contributed by atoms with E-state index in [0.717, 1.165) is 13.4 Å². The van der Waals surface area contributed by atoms with Crippen LogP contribution in [0, 0.1) is 3.95 Å². The lowest BCUT2D eigenvalue weighted by Gasteiger charge is -1.86. The van der Waals surface area contributed by atoms with Crippen molar-refractivity contribution in [2.75, 3.05) is 0 Å². The molecule has 0 saturated heterocycles. The van der Waals surface area contributed by atoms with Gasteiger partial charge in [0.2, 0.25) is 0 Å². The van der Waals surface area contributed by atoms with Gasteiger partial charge in [0.1, 0.15) is 0 Å². The van der Waals surface area contributed by atoms with Crippen molar-refractivity contribution in [3.63, 3.8) is 0 Å². The molecule has 2 aromatic heterocycles.